The van der Waals surface area contributed by atoms with Gasteiger partial charge in [0.1, 0.15) is 5.52 Å². The number of carbonyl (C=O) groups excluding carboxylic acids is 1. The van der Waals surface area contributed by atoms with E-state index in [9.17, 15) is 4.79 Å². The number of hydrogen-bond acceptors (Lipinski definition) is 6. The molecule has 1 saturated carbocycles. The van der Waals surface area contributed by atoms with Gasteiger partial charge in [0, 0.05) is 36.3 Å². The van der Waals surface area contributed by atoms with Gasteiger partial charge in [0.2, 0.25) is 0 Å². The van der Waals surface area contributed by atoms with Gasteiger partial charge in [-0.05, 0) is 61.9 Å². The Morgan fingerprint density at radius 3 is 2.81 bits per heavy atom. The van der Waals surface area contributed by atoms with Gasteiger partial charge in [-0.25, -0.2) is 14.9 Å². The molecular weight excluding hydrogens is 529 g/mol. The number of morpholine rings is 1. The number of nitrogens with zero attached hydrogens (tertiary/aromatic N) is 3. The molecule has 192 valence electrons. The van der Waals surface area contributed by atoms with Gasteiger partial charge in [0.15, 0.2) is 5.82 Å². The van der Waals surface area contributed by atoms with Crippen molar-refractivity contribution in [2.75, 3.05) is 44.8 Å². The monoisotopic (exact) mass is 559 g/mol. The molecule has 0 bridgehead atoms. The zero-order valence-electron chi connectivity index (χ0n) is 20.4. The van der Waals surface area contributed by atoms with E-state index in [0.29, 0.717) is 30.3 Å². The highest BCUT2D eigenvalue weighted by Crippen LogP contribution is 2.33. The molecular formula is C26H31BrFN5O3. The summed E-state index contributed by atoms with van der Waals surface area (Å²) in [6, 6.07) is 7.35. The summed E-state index contributed by atoms with van der Waals surface area (Å²) < 4.78 is 24.1. The number of halogens is 2. The van der Waals surface area contributed by atoms with Gasteiger partial charge < -0.3 is 14.6 Å². The lowest BCUT2D eigenvalue weighted by molar-refractivity contribution is 0.0271. The number of rotatable bonds is 10. The van der Waals surface area contributed by atoms with Crippen molar-refractivity contribution in [1.29, 1.82) is 0 Å². The summed E-state index contributed by atoms with van der Waals surface area (Å²) in [7, 11) is 0. The second kappa shape index (κ2) is 11.2. The topological polar surface area (TPSA) is 80.7 Å². The van der Waals surface area contributed by atoms with Gasteiger partial charge in [-0.1, -0.05) is 15.9 Å². The van der Waals surface area contributed by atoms with Crippen LogP contribution in [0.2, 0.25) is 0 Å². The maximum absolute atomic E-state index is 15.9. The van der Waals surface area contributed by atoms with Gasteiger partial charge in [-0.3, -0.25) is 14.5 Å². The lowest BCUT2D eigenvalue weighted by Gasteiger charge is -2.26. The maximum atomic E-state index is 15.9. The minimum atomic E-state index is -0.561. The van der Waals surface area contributed by atoms with Crippen LogP contribution < -0.4 is 10.8 Å². The molecule has 0 radical (unpaired) electrons. The van der Waals surface area contributed by atoms with Crippen LogP contribution in [0.15, 0.2) is 35.1 Å². The second-order valence-electron chi connectivity index (χ2n) is 9.50. The molecule has 2 aliphatic rings. The van der Waals surface area contributed by atoms with Crippen molar-refractivity contribution in [3.8, 4) is 0 Å². The van der Waals surface area contributed by atoms with Crippen LogP contribution in [-0.2, 0) is 16.1 Å². The summed E-state index contributed by atoms with van der Waals surface area (Å²) in [5.41, 5.74) is 5.19. The molecule has 0 atom stereocenters. The van der Waals surface area contributed by atoms with Crippen LogP contribution in [0.25, 0.3) is 11.0 Å². The molecule has 36 heavy (non-hydrogen) atoms. The van der Waals surface area contributed by atoms with E-state index in [-0.39, 0.29) is 16.8 Å². The van der Waals surface area contributed by atoms with E-state index in [1.807, 2.05) is 29.7 Å². The fourth-order valence-corrected chi connectivity index (χ4v) is 4.87. The van der Waals surface area contributed by atoms with Crippen LogP contribution in [0.5, 0.6) is 0 Å². The number of hydrogen-bond donors (Lipinski definition) is 2. The third kappa shape index (κ3) is 5.88. The molecule has 3 aromatic rings. The van der Waals surface area contributed by atoms with Crippen LogP contribution in [0.3, 0.4) is 0 Å². The Labute approximate surface area is 218 Å². The molecule has 0 spiro atoms. The van der Waals surface area contributed by atoms with Crippen molar-refractivity contribution in [3.63, 3.8) is 0 Å². The van der Waals surface area contributed by atoms with Gasteiger partial charge >= 0.3 is 0 Å². The molecule has 1 amide bonds. The minimum absolute atomic E-state index is 0.0824. The average Bonchev–Trinajstić information content (AvgIpc) is 3.61. The Hall–Kier alpha value is -2.53. The summed E-state index contributed by atoms with van der Waals surface area (Å²) >= 11 is 3.46. The zero-order chi connectivity index (χ0) is 25.1. The molecule has 0 unspecified atom stereocenters. The molecule has 2 N–H and O–H groups in total. The Morgan fingerprint density at radius 1 is 1.25 bits per heavy atom. The van der Waals surface area contributed by atoms with E-state index >= 15 is 4.39 Å². The van der Waals surface area contributed by atoms with E-state index in [1.54, 1.807) is 12.4 Å². The molecule has 2 heterocycles. The Bertz CT molecular complexity index is 1240. The van der Waals surface area contributed by atoms with Crippen molar-refractivity contribution in [3.05, 3.63) is 52.0 Å². The molecule has 5 rings (SSSR count). The summed E-state index contributed by atoms with van der Waals surface area (Å²) in [5, 5.41) is 3.14. The van der Waals surface area contributed by atoms with Crippen molar-refractivity contribution < 1.29 is 18.8 Å². The number of imidazole rings is 1. The standard InChI is InChI=1S/C26H31BrFN5O3/c1-17-13-19(27)5-6-21(17)30-24-20(26(34)31-36-15-18-3-4-18)14-22-25(23(24)28)29-16-33(22)8-2-7-32-9-11-35-12-10-32/h5-6,13-14,16,18,30H,2-4,7-12,15H2,1H3,(H,31,34). The quantitative estimate of drug-likeness (QED) is 0.348. The third-order valence-corrected chi connectivity index (χ3v) is 7.20. The van der Waals surface area contributed by atoms with Crippen molar-refractivity contribution in [2.45, 2.75) is 32.7 Å². The summed E-state index contributed by atoms with van der Waals surface area (Å²) in [6.45, 7) is 7.35. The Balaban J connectivity index is 1.42. The van der Waals surface area contributed by atoms with E-state index in [4.69, 9.17) is 9.57 Å². The average molecular weight is 560 g/mol. The summed E-state index contributed by atoms with van der Waals surface area (Å²) in [6.07, 6.45) is 4.75. The SMILES string of the molecule is Cc1cc(Br)ccc1Nc1c(C(=O)NOCC2CC2)cc2c(ncn2CCCN2CCOCC2)c1F. The van der Waals surface area contributed by atoms with Crippen LogP contribution >= 0.6 is 15.9 Å². The first-order valence-electron chi connectivity index (χ1n) is 12.4. The molecule has 1 aliphatic carbocycles. The lowest BCUT2D eigenvalue weighted by Crippen LogP contribution is -2.37. The molecule has 1 aromatic heterocycles. The number of hydroxylamine groups is 1. The smallest absolute Gasteiger partial charge is 0.277 e. The fourth-order valence-electron chi connectivity index (χ4n) is 4.39. The van der Waals surface area contributed by atoms with Gasteiger partial charge in [-0.2, -0.15) is 0 Å². The van der Waals surface area contributed by atoms with E-state index in [2.05, 4.69) is 36.6 Å². The number of nitrogens with one attached hydrogen (secondary N) is 2. The van der Waals surface area contributed by atoms with Crippen LogP contribution in [-0.4, -0.2) is 59.8 Å². The normalized spacial score (nSPS) is 16.4. The summed E-state index contributed by atoms with van der Waals surface area (Å²) in [5.74, 6) is -0.565. The number of benzene rings is 2. The molecule has 2 aromatic carbocycles. The van der Waals surface area contributed by atoms with Gasteiger partial charge in [0.25, 0.3) is 5.91 Å². The maximum Gasteiger partial charge on any atom is 0.277 e. The number of anilines is 2. The molecule has 1 saturated heterocycles. The van der Waals surface area contributed by atoms with Gasteiger partial charge in [-0.15, -0.1) is 0 Å². The number of aryl methyl sites for hydroxylation is 2. The molecule has 1 aliphatic heterocycles. The van der Waals surface area contributed by atoms with Crippen molar-refractivity contribution in [2.24, 2.45) is 5.92 Å². The van der Waals surface area contributed by atoms with Gasteiger partial charge in [0.05, 0.1) is 42.9 Å². The Kier molecular flexibility index (Phi) is 7.85. The molecule has 8 nitrogen and oxygen atoms in total. The lowest BCUT2D eigenvalue weighted by atomic mass is 10.1. The van der Waals surface area contributed by atoms with Crippen molar-refractivity contribution in [1.82, 2.24) is 19.9 Å². The van der Waals surface area contributed by atoms with Crippen LogP contribution in [0, 0.1) is 18.7 Å². The van der Waals surface area contributed by atoms with Crippen LogP contribution in [0.4, 0.5) is 15.8 Å². The second-order valence-corrected chi connectivity index (χ2v) is 10.4. The summed E-state index contributed by atoms with van der Waals surface area (Å²) in [4.78, 5) is 25.3. The predicted octanol–water partition coefficient (Wildman–Crippen LogP) is 4.78. The largest absolute Gasteiger partial charge is 0.379 e. The fraction of sp³-hybridized carbons (Fsp3) is 0.462. The van der Waals surface area contributed by atoms with E-state index in [1.165, 1.54) is 0 Å². The third-order valence-electron chi connectivity index (χ3n) is 6.71. The highest BCUT2D eigenvalue weighted by atomic mass is 79.9. The first-order valence-corrected chi connectivity index (χ1v) is 13.2. The van der Waals surface area contributed by atoms with E-state index < -0.39 is 11.7 Å². The zero-order valence-corrected chi connectivity index (χ0v) is 21.9. The first kappa shape index (κ1) is 25.1. The molecule has 2 fully saturated rings. The van der Waals surface area contributed by atoms with Crippen LogP contribution in [0.1, 0.15) is 35.2 Å². The minimum Gasteiger partial charge on any atom is -0.379 e. The van der Waals surface area contributed by atoms with Crippen molar-refractivity contribution >= 4 is 44.2 Å². The number of aromatic nitrogens is 2. The number of fused-ring (bicyclic) bond motifs is 1. The number of amides is 1. The van der Waals surface area contributed by atoms with E-state index in [0.717, 1.165) is 62.1 Å². The highest BCUT2D eigenvalue weighted by molar-refractivity contribution is 9.10. The first-order chi connectivity index (χ1) is 17.5. The Morgan fingerprint density at radius 2 is 2.06 bits per heavy atom. The highest BCUT2D eigenvalue weighted by Gasteiger charge is 2.25. The molecule has 10 heteroatoms. The number of carbonyl (C=O) groups is 1. The number of ether oxygens (including phenoxy) is 1. The predicted molar refractivity (Wildman–Crippen MR) is 140 cm³/mol.